The summed E-state index contributed by atoms with van der Waals surface area (Å²) in [4.78, 5) is 10.7. The second-order valence-electron chi connectivity index (χ2n) is 14.1. The van der Waals surface area contributed by atoms with Crippen LogP contribution in [0.2, 0.25) is 0 Å². The van der Waals surface area contributed by atoms with Crippen molar-refractivity contribution in [2.24, 2.45) is 0 Å². The van der Waals surface area contributed by atoms with Gasteiger partial charge in [0.05, 0.1) is 22.4 Å². The topological polar surface area (TPSA) is 47.8 Å². The third kappa shape index (κ3) is 4.89. The number of fused-ring (bicyclic) bond motifs is 8. The SMILES string of the molecule is O=P1(c2ccccc2)c2ccccc2-c2cc3c4ccc5ccccc5c4n(-c4nc(-c5ccccc5)cc(-c5ccc(-c6ccccc6)cc5)n4)c3cc21. The first-order valence-electron chi connectivity index (χ1n) is 18.5. The Labute approximate surface area is 318 Å². The fourth-order valence-corrected chi connectivity index (χ4v) is 11.5. The molecule has 11 rings (SSSR count). The molecule has 0 saturated carbocycles. The first-order chi connectivity index (χ1) is 27.1. The van der Waals surface area contributed by atoms with Gasteiger partial charge in [-0.05, 0) is 45.8 Å². The van der Waals surface area contributed by atoms with Crippen LogP contribution < -0.4 is 15.9 Å². The van der Waals surface area contributed by atoms with Gasteiger partial charge in [-0.3, -0.25) is 4.57 Å². The van der Waals surface area contributed by atoms with Crippen molar-refractivity contribution in [2.75, 3.05) is 0 Å². The van der Waals surface area contributed by atoms with Gasteiger partial charge < -0.3 is 4.57 Å². The van der Waals surface area contributed by atoms with Crippen molar-refractivity contribution in [3.63, 3.8) is 0 Å². The molecule has 55 heavy (non-hydrogen) atoms. The van der Waals surface area contributed by atoms with Gasteiger partial charge in [-0.1, -0.05) is 176 Å². The molecule has 10 aromatic rings. The molecule has 0 fully saturated rings. The van der Waals surface area contributed by atoms with Gasteiger partial charge in [0.15, 0.2) is 7.14 Å². The van der Waals surface area contributed by atoms with Crippen molar-refractivity contribution in [1.82, 2.24) is 14.5 Å². The lowest BCUT2D eigenvalue weighted by Gasteiger charge is -2.16. The van der Waals surface area contributed by atoms with Crippen molar-refractivity contribution in [3.05, 3.63) is 194 Å². The Balaban J connectivity index is 1.23. The number of nitrogens with zero attached hydrogens (tertiary/aromatic N) is 3. The third-order valence-electron chi connectivity index (χ3n) is 11.0. The Hall–Kier alpha value is -6.87. The Morgan fingerprint density at radius 1 is 0.418 bits per heavy atom. The molecule has 1 aliphatic heterocycles. The standard InChI is InChI=1S/C50H32N3OP/c54-55(38-19-8-3-9-20-38)47-23-13-12-22-40(47)43-30-42-41-29-28-35-16-10-11-21-39(35)49(41)53(46(42)32-48(43)55)50-51-44(36-17-6-2-7-18-36)31-45(52-50)37-26-24-34(25-27-37)33-14-4-1-5-15-33/h1-32H. The van der Waals surface area contributed by atoms with Crippen molar-refractivity contribution in [1.29, 1.82) is 0 Å². The van der Waals surface area contributed by atoms with Crippen LogP contribution in [-0.2, 0) is 4.57 Å². The summed E-state index contributed by atoms with van der Waals surface area (Å²) >= 11 is 0. The van der Waals surface area contributed by atoms with Crippen LogP contribution in [-0.4, -0.2) is 14.5 Å². The normalized spacial score (nSPS) is 14.7. The lowest BCUT2D eigenvalue weighted by molar-refractivity contribution is 0.593. The number of benzene rings is 8. The fourth-order valence-electron chi connectivity index (χ4n) is 8.42. The Kier molecular flexibility index (Phi) is 7.10. The van der Waals surface area contributed by atoms with Crippen LogP contribution in [0.25, 0.3) is 83.3 Å². The van der Waals surface area contributed by atoms with Gasteiger partial charge in [0, 0.05) is 43.2 Å². The Morgan fingerprint density at radius 2 is 1.00 bits per heavy atom. The predicted octanol–water partition coefficient (Wildman–Crippen LogP) is 11.3. The van der Waals surface area contributed by atoms with Gasteiger partial charge in [0.25, 0.3) is 0 Å². The zero-order valence-electron chi connectivity index (χ0n) is 29.7. The first-order valence-corrected chi connectivity index (χ1v) is 20.2. The van der Waals surface area contributed by atoms with Gasteiger partial charge in [0.2, 0.25) is 5.95 Å². The Morgan fingerprint density at radius 3 is 1.75 bits per heavy atom. The molecule has 258 valence electrons. The average Bonchev–Trinajstić information content (AvgIpc) is 3.73. The maximum atomic E-state index is 15.7. The minimum absolute atomic E-state index is 0.560. The Bertz CT molecular complexity index is 3160. The number of hydrogen-bond acceptors (Lipinski definition) is 3. The van der Waals surface area contributed by atoms with Gasteiger partial charge in [-0.25, -0.2) is 9.97 Å². The highest BCUT2D eigenvalue weighted by Gasteiger charge is 2.41. The number of aromatic nitrogens is 3. The van der Waals surface area contributed by atoms with Crippen LogP contribution in [0.4, 0.5) is 0 Å². The molecule has 0 spiro atoms. The van der Waals surface area contributed by atoms with Crippen LogP contribution in [0.5, 0.6) is 0 Å². The van der Waals surface area contributed by atoms with E-state index in [0.29, 0.717) is 5.95 Å². The first kappa shape index (κ1) is 31.6. The fraction of sp³-hybridized carbons (Fsp3) is 0. The minimum Gasteiger partial charge on any atom is -0.309 e. The minimum atomic E-state index is -3.21. The lowest BCUT2D eigenvalue weighted by Crippen LogP contribution is -2.20. The van der Waals surface area contributed by atoms with E-state index in [2.05, 4.69) is 126 Å². The lowest BCUT2D eigenvalue weighted by atomic mass is 10.0. The quantitative estimate of drug-likeness (QED) is 0.166. The van der Waals surface area contributed by atoms with Crippen molar-refractivity contribution >= 4 is 55.6 Å². The zero-order valence-corrected chi connectivity index (χ0v) is 30.6. The van der Waals surface area contributed by atoms with Crippen LogP contribution in [0, 0.1) is 0 Å². The maximum Gasteiger partial charge on any atom is 0.235 e. The predicted molar refractivity (Wildman–Crippen MR) is 229 cm³/mol. The molecule has 4 nitrogen and oxygen atoms in total. The molecular weight excluding hydrogens is 690 g/mol. The summed E-state index contributed by atoms with van der Waals surface area (Å²) in [5.74, 6) is 0.560. The third-order valence-corrected chi connectivity index (χ3v) is 14.2. The summed E-state index contributed by atoms with van der Waals surface area (Å²) in [6, 6.07) is 66.9. The summed E-state index contributed by atoms with van der Waals surface area (Å²) < 4.78 is 18.0. The van der Waals surface area contributed by atoms with E-state index in [1.807, 2.05) is 72.8 Å². The average molecular weight is 722 g/mol. The number of rotatable bonds is 5. The monoisotopic (exact) mass is 721 g/mol. The molecule has 0 amide bonds. The van der Waals surface area contributed by atoms with E-state index < -0.39 is 7.14 Å². The van der Waals surface area contributed by atoms with Crippen LogP contribution >= 0.6 is 7.14 Å². The van der Waals surface area contributed by atoms with E-state index >= 15 is 4.57 Å². The smallest absolute Gasteiger partial charge is 0.235 e. The van der Waals surface area contributed by atoms with Gasteiger partial charge >= 0.3 is 0 Å². The summed E-state index contributed by atoms with van der Waals surface area (Å²) in [5.41, 5.74) is 9.95. The van der Waals surface area contributed by atoms with Gasteiger partial charge in [0.1, 0.15) is 0 Å². The van der Waals surface area contributed by atoms with Crippen LogP contribution in [0.1, 0.15) is 0 Å². The second-order valence-corrected chi connectivity index (χ2v) is 16.8. The molecule has 1 aliphatic rings. The maximum absolute atomic E-state index is 15.7. The highest BCUT2D eigenvalue weighted by molar-refractivity contribution is 7.86. The molecule has 3 heterocycles. The van der Waals surface area contributed by atoms with Crippen molar-refractivity contribution in [3.8, 4) is 50.7 Å². The molecule has 5 heteroatoms. The van der Waals surface area contributed by atoms with Gasteiger partial charge in [-0.2, -0.15) is 0 Å². The van der Waals surface area contributed by atoms with E-state index in [0.717, 1.165) is 87.7 Å². The molecular formula is C50H32N3OP. The van der Waals surface area contributed by atoms with Crippen molar-refractivity contribution in [2.45, 2.75) is 0 Å². The van der Waals surface area contributed by atoms with Crippen molar-refractivity contribution < 1.29 is 4.57 Å². The highest BCUT2D eigenvalue weighted by Crippen LogP contribution is 2.53. The molecule has 8 aromatic carbocycles. The largest absolute Gasteiger partial charge is 0.309 e. The summed E-state index contributed by atoms with van der Waals surface area (Å²) in [6.07, 6.45) is 0. The molecule has 0 bridgehead atoms. The molecule has 0 radical (unpaired) electrons. The van der Waals surface area contributed by atoms with E-state index in [1.54, 1.807) is 0 Å². The molecule has 1 unspecified atom stereocenters. The molecule has 2 aromatic heterocycles. The van der Waals surface area contributed by atoms with Crippen LogP contribution in [0.3, 0.4) is 0 Å². The summed E-state index contributed by atoms with van der Waals surface area (Å²) in [6.45, 7) is 0. The van der Waals surface area contributed by atoms with E-state index in [9.17, 15) is 0 Å². The van der Waals surface area contributed by atoms with E-state index in [-0.39, 0.29) is 0 Å². The van der Waals surface area contributed by atoms with Gasteiger partial charge in [-0.15, -0.1) is 0 Å². The number of hydrogen-bond donors (Lipinski definition) is 0. The highest BCUT2D eigenvalue weighted by atomic mass is 31.2. The molecule has 1 atom stereocenters. The summed E-state index contributed by atoms with van der Waals surface area (Å²) in [7, 11) is -3.21. The van der Waals surface area contributed by atoms with E-state index in [4.69, 9.17) is 9.97 Å². The van der Waals surface area contributed by atoms with Crippen LogP contribution in [0.15, 0.2) is 194 Å². The second kappa shape index (κ2) is 12.3. The summed E-state index contributed by atoms with van der Waals surface area (Å²) in [5, 5.41) is 6.95. The molecule has 0 aliphatic carbocycles. The van der Waals surface area contributed by atoms with E-state index in [1.165, 1.54) is 5.56 Å². The molecule has 0 N–H and O–H groups in total. The zero-order chi connectivity index (χ0) is 36.5. The molecule has 0 saturated heterocycles.